The topological polar surface area (TPSA) is 57.5 Å². The Labute approximate surface area is 166 Å². The molecule has 0 aliphatic heterocycles. The number of hydrogen-bond donors (Lipinski definition) is 2. The van der Waals surface area contributed by atoms with Gasteiger partial charge < -0.3 is 10.2 Å². The molecule has 0 saturated heterocycles. The molecule has 0 spiro atoms. The van der Waals surface area contributed by atoms with E-state index >= 15 is 0 Å². The fraction of sp³-hybridized carbons (Fsp3) is 0.875. The van der Waals surface area contributed by atoms with Gasteiger partial charge in [0.2, 0.25) is 0 Å². The molecule has 0 bridgehead atoms. The zero-order valence-corrected chi connectivity index (χ0v) is 17.8. The van der Waals surface area contributed by atoms with Crippen molar-refractivity contribution in [1.29, 1.82) is 0 Å². The predicted molar refractivity (Wildman–Crippen MR) is 110 cm³/mol. The van der Waals surface area contributed by atoms with Gasteiger partial charge in [0, 0.05) is 11.8 Å². The second kappa shape index (κ2) is 8.66. The van der Waals surface area contributed by atoms with Gasteiger partial charge in [-0.3, -0.25) is 4.79 Å². The summed E-state index contributed by atoms with van der Waals surface area (Å²) in [5.41, 5.74) is 0.0929. The first-order chi connectivity index (χ1) is 12.8. The molecular weight excluding hydrogens is 336 g/mol. The van der Waals surface area contributed by atoms with Gasteiger partial charge in [-0.1, -0.05) is 34.1 Å². The summed E-state index contributed by atoms with van der Waals surface area (Å²) in [5.74, 6) is 2.13. The Morgan fingerprint density at radius 3 is 2.26 bits per heavy atom. The Kier molecular flexibility index (Phi) is 7.20. The van der Waals surface area contributed by atoms with Crippen molar-refractivity contribution in [2.24, 2.45) is 34.5 Å². The molecule has 0 aromatic rings. The number of rotatable bonds is 0. The van der Waals surface area contributed by atoms with E-state index in [0.29, 0.717) is 29.5 Å². The van der Waals surface area contributed by atoms with E-state index in [4.69, 9.17) is 0 Å². The van der Waals surface area contributed by atoms with Crippen molar-refractivity contribution in [3.05, 3.63) is 0 Å². The predicted octanol–water partition coefficient (Wildman–Crippen LogP) is 4.60. The van der Waals surface area contributed by atoms with Gasteiger partial charge in [0.25, 0.3) is 0 Å². The summed E-state index contributed by atoms with van der Waals surface area (Å²) in [7, 11) is 0. The molecule has 4 fully saturated rings. The average Bonchev–Trinajstić information content (AvgIpc) is 2.94. The Bertz CT molecular complexity index is 541. The molecule has 27 heavy (non-hydrogen) atoms. The Morgan fingerprint density at radius 2 is 1.63 bits per heavy atom. The number of Topliss-reactive ketones (excluding diaryl/α,β-unsaturated/α-hetero) is 1. The van der Waals surface area contributed by atoms with E-state index in [0.717, 1.165) is 51.4 Å². The molecule has 2 N–H and O–H groups in total. The van der Waals surface area contributed by atoms with E-state index in [2.05, 4.69) is 40.5 Å². The summed E-state index contributed by atoms with van der Waals surface area (Å²) < 4.78 is 0. The van der Waals surface area contributed by atoms with Gasteiger partial charge in [0.1, 0.15) is 5.78 Å². The molecule has 154 valence electrons. The van der Waals surface area contributed by atoms with Crippen LogP contribution in [0.1, 0.15) is 85.5 Å². The quantitative estimate of drug-likeness (QED) is 0.608. The van der Waals surface area contributed by atoms with Gasteiger partial charge >= 0.3 is 0 Å². The molecule has 4 unspecified atom stereocenters. The number of aliphatic hydroxyl groups excluding tert-OH is 2. The molecule has 0 amide bonds. The average molecular weight is 377 g/mol. The smallest absolute Gasteiger partial charge is 0.139 e. The summed E-state index contributed by atoms with van der Waals surface area (Å²) in [6.07, 6.45) is 16.3. The highest BCUT2D eigenvalue weighted by atomic mass is 16.3. The normalized spacial score (nSPS) is 47.9. The van der Waals surface area contributed by atoms with Crippen molar-refractivity contribution < 1.29 is 15.0 Å². The minimum absolute atomic E-state index is 0.167. The maximum Gasteiger partial charge on any atom is 0.139 e. The van der Waals surface area contributed by atoms with Crippen LogP contribution in [-0.4, -0.2) is 28.2 Å². The van der Waals surface area contributed by atoms with Crippen LogP contribution < -0.4 is 0 Å². The van der Waals surface area contributed by atoms with Gasteiger partial charge in [0.15, 0.2) is 0 Å². The van der Waals surface area contributed by atoms with E-state index in [-0.39, 0.29) is 23.0 Å². The first-order valence-electron chi connectivity index (χ1n) is 11.0. The monoisotopic (exact) mass is 376 g/mol. The van der Waals surface area contributed by atoms with Gasteiger partial charge in [-0.2, -0.15) is 0 Å². The lowest BCUT2D eigenvalue weighted by Crippen LogP contribution is -2.58. The lowest BCUT2D eigenvalue weighted by molar-refractivity contribution is -0.171. The van der Waals surface area contributed by atoms with Crippen LogP contribution in [-0.2, 0) is 4.79 Å². The number of carbonyl (C=O) groups excluding carboxylic acids is 1. The van der Waals surface area contributed by atoms with Crippen LogP contribution in [0.3, 0.4) is 0 Å². The Balaban J connectivity index is 0.000000478. The van der Waals surface area contributed by atoms with Crippen molar-refractivity contribution in [1.82, 2.24) is 0 Å². The third-order valence-electron chi connectivity index (χ3n) is 8.36. The van der Waals surface area contributed by atoms with Crippen molar-refractivity contribution in [3.8, 4) is 12.8 Å². The highest BCUT2D eigenvalue weighted by molar-refractivity contribution is 5.87. The van der Waals surface area contributed by atoms with Crippen molar-refractivity contribution in [2.75, 3.05) is 0 Å². The summed E-state index contributed by atoms with van der Waals surface area (Å²) >= 11 is 0. The largest absolute Gasteiger partial charge is 0.393 e. The van der Waals surface area contributed by atoms with Gasteiger partial charge in [-0.15, -0.1) is 12.8 Å². The summed E-state index contributed by atoms with van der Waals surface area (Å²) in [6, 6.07) is 0. The Morgan fingerprint density at radius 1 is 1.00 bits per heavy atom. The third-order valence-corrected chi connectivity index (χ3v) is 8.36. The standard InChI is InChI=1S/C19H30O3.C3H8.C2H2/c1-18-7-5-12(20)9-11(18)10-15(21)17-13-3-4-16(22)19(13,2)8-6-14(17)18;1-3-2;1-2/h11-15,17,20-21H,3-10H2,1-2H3;3H2,1-2H3;1-2H/t11?,12-,13?,14?,15-,17?,18-,19-;;/m0../s1. The SMILES string of the molecule is C#C.CCC.C[C@]12CC[C@H](O)CC1C[C@H](O)C1C2CC[C@]2(C)C(=O)CCC12. The van der Waals surface area contributed by atoms with Crippen molar-refractivity contribution in [2.45, 2.75) is 97.7 Å². The molecule has 3 heteroatoms. The van der Waals surface area contributed by atoms with Crippen LogP contribution >= 0.6 is 0 Å². The molecule has 0 aromatic carbocycles. The second-order valence-corrected chi connectivity index (χ2v) is 9.85. The summed E-state index contributed by atoms with van der Waals surface area (Å²) in [5, 5.41) is 20.9. The van der Waals surface area contributed by atoms with Crippen molar-refractivity contribution >= 4 is 5.78 Å². The molecule has 4 aliphatic rings. The van der Waals surface area contributed by atoms with Crippen molar-refractivity contribution in [3.63, 3.8) is 0 Å². The van der Waals surface area contributed by atoms with E-state index in [1.165, 1.54) is 6.42 Å². The fourth-order valence-corrected chi connectivity index (χ4v) is 6.97. The summed E-state index contributed by atoms with van der Waals surface area (Å²) in [6.45, 7) is 8.82. The van der Waals surface area contributed by atoms with Gasteiger partial charge in [0.05, 0.1) is 12.2 Å². The first kappa shape index (κ1) is 22.4. The minimum atomic E-state index is -0.274. The summed E-state index contributed by atoms with van der Waals surface area (Å²) in [4.78, 5) is 12.4. The molecule has 3 nitrogen and oxygen atoms in total. The number of terminal acetylenes is 1. The Hall–Kier alpha value is -0.850. The number of carbonyl (C=O) groups is 1. The molecule has 0 aromatic heterocycles. The van der Waals surface area contributed by atoms with Crippen LogP contribution in [0.2, 0.25) is 0 Å². The minimum Gasteiger partial charge on any atom is -0.393 e. The molecule has 4 aliphatic carbocycles. The molecule has 0 radical (unpaired) electrons. The van der Waals surface area contributed by atoms with E-state index < -0.39 is 0 Å². The number of ketones is 1. The van der Waals surface area contributed by atoms with E-state index in [1.807, 2.05) is 0 Å². The van der Waals surface area contributed by atoms with Gasteiger partial charge in [-0.05, 0) is 74.0 Å². The molecule has 0 heterocycles. The van der Waals surface area contributed by atoms with Crippen LogP contribution in [0.15, 0.2) is 0 Å². The molecule has 8 atom stereocenters. The fourth-order valence-electron chi connectivity index (χ4n) is 6.97. The number of aliphatic hydroxyl groups is 2. The highest BCUT2D eigenvalue weighted by Gasteiger charge is 2.62. The molecule has 4 rings (SSSR count). The lowest BCUT2D eigenvalue weighted by Gasteiger charge is -2.61. The number of fused-ring (bicyclic) bond motifs is 5. The van der Waals surface area contributed by atoms with E-state index in [9.17, 15) is 15.0 Å². The van der Waals surface area contributed by atoms with Crippen LogP contribution in [0.4, 0.5) is 0 Å². The van der Waals surface area contributed by atoms with Gasteiger partial charge in [-0.25, -0.2) is 0 Å². The highest BCUT2D eigenvalue weighted by Crippen LogP contribution is 2.65. The zero-order valence-electron chi connectivity index (χ0n) is 17.8. The van der Waals surface area contributed by atoms with E-state index in [1.54, 1.807) is 0 Å². The maximum absolute atomic E-state index is 12.4. The second-order valence-electron chi connectivity index (χ2n) is 9.85. The van der Waals surface area contributed by atoms with Crippen LogP contribution in [0, 0.1) is 47.3 Å². The number of hydrogen-bond acceptors (Lipinski definition) is 3. The first-order valence-corrected chi connectivity index (χ1v) is 11.0. The molecule has 4 saturated carbocycles. The molecular formula is C24H40O3. The third kappa shape index (κ3) is 3.73. The maximum atomic E-state index is 12.4. The zero-order chi connectivity index (χ0) is 20.4. The van der Waals surface area contributed by atoms with Crippen LogP contribution in [0.25, 0.3) is 0 Å². The van der Waals surface area contributed by atoms with Crippen LogP contribution in [0.5, 0.6) is 0 Å². The lowest BCUT2D eigenvalue weighted by atomic mass is 9.44.